The van der Waals surface area contributed by atoms with Crippen LogP contribution in [0.25, 0.3) is 0 Å². The van der Waals surface area contributed by atoms with Crippen LogP contribution >= 0.6 is 0 Å². The maximum absolute atomic E-state index is 12.1. The molecule has 1 aliphatic heterocycles. The lowest BCUT2D eigenvalue weighted by Gasteiger charge is -2.39. The molecule has 12 nitrogen and oxygen atoms in total. The van der Waals surface area contributed by atoms with Crippen molar-refractivity contribution in [3.8, 4) is 0 Å². The minimum atomic E-state index is -1.57. The first kappa shape index (κ1) is 27.4. The van der Waals surface area contributed by atoms with Gasteiger partial charge >= 0.3 is 17.9 Å². The molecule has 1 fully saturated rings. The van der Waals surface area contributed by atoms with E-state index in [0.29, 0.717) is 0 Å². The van der Waals surface area contributed by atoms with Gasteiger partial charge in [-0.05, 0) is 31.2 Å². The van der Waals surface area contributed by atoms with Crippen LogP contribution in [-0.4, -0.2) is 102 Å². The van der Waals surface area contributed by atoms with Crippen LogP contribution in [0.5, 0.6) is 0 Å². The summed E-state index contributed by atoms with van der Waals surface area (Å²) in [6.07, 6.45) is -7.07. The Bertz CT molecular complexity index is 850. The third-order valence-electron chi connectivity index (χ3n) is 4.70. The van der Waals surface area contributed by atoms with Gasteiger partial charge in [-0.25, -0.2) is 14.4 Å². The predicted molar refractivity (Wildman–Crippen MR) is 112 cm³/mol. The van der Waals surface area contributed by atoms with E-state index in [-0.39, 0.29) is 43.1 Å². The maximum Gasteiger partial charge on any atom is 0.338 e. The molecule has 0 radical (unpaired) electrons. The van der Waals surface area contributed by atoms with Crippen LogP contribution in [0.3, 0.4) is 0 Å². The molecule has 0 spiro atoms. The van der Waals surface area contributed by atoms with E-state index >= 15 is 0 Å². The van der Waals surface area contributed by atoms with E-state index in [1.165, 1.54) is 31.2 Å². The number of carbonyl (C=O) groups excluding carboxylic acids is 3. The normalized spacial score (nSPS) is 24.2. The van der Waals surface area contributed by atoms with Crippen LogP contribution in [-0.2, 0) is 28.5 Å². The van der Waals surface area contributed by atoms with Crippen LogP contribution in [0.15, 0.2) is 36.4 Å². The summed E-state index contributed by atoms with van der Waals surface area (Å²) in [5.41, 5.74) is 0.558. The van der Waals surface area contributed by atoms with Crippen molar-refractivity contribution in [3.05, 3.63) is 47.5 Å². The largest absolute Gasteiger partial charge is 0.460 e. The lowest BCUT2D eigenvalue weighted by Crippen LogP contribution is -2.59. The minimum absolute atomic E-state index is 0.118. The van der Waals surface area contributed by atoms with E-state index < -0.39 is 55.2 Å². The van der Waals surface area contributed by atoms with Crippen molar-refractivity contribution in [1.82, 2.24) is 0 Å². The third kappa shape index (κ3) is 7.58. The zero-order valence-electron chi connectivity index (χ0n) is 18.5. The maximum atomic E-state index is 12.1. The summed E-state index contributed by atoms with van der Waals surface area (Å²) in [6.45, 7) is 3.65. The third-order valence-corrected chi connectivity index (χ3v) is 4.70. The molecule has 4 N–H and O–H groups in total. The first-order valence-corrected chi connectivity index (χ1v) is 10.3. The van der Waals surface area contributed by atoms with E-state index in [1.807, 2.05) is 0 Å². The molecule has 12 heteroatoms. The molecule has 0 amide bonds. The lowest BCUT2D eigenvalue weighted by atomic mass is 9.99. The SMILES string of the molecule is C=C(C)C(=O)OCCOC(=O)c1ccc(C(=O)OCCO[C@H]2OC(CO)[C@@H](O)[C@H](O)C2O)cc1. The fraction of sp³-hybridized carbons (Fsp3) is 0.500. The van der Waals surface area contributed by atoms with E-state index in [4.69, 9.17) is 28.8 Å². The highest BCUT2D eigenvalue weighted by Crippen LogP contribution is 2.21. The Morgan fingerprint density at radius 2 is 1.35 bits per heavy atom. The van der Waals surface area contributed by atoms with Crippen LogP contribution < -0.4 is 0 Å². The highest BCUT2D eigenvalue weighted by atomic mass is 16.7. The van der Waals surface area contributed by atoms with Gasteiger partial charge in [0.2, 0.25) is 0 Å². The fourth-order valence-electron chi connectivity index (χ4n) is 2.80. The Morgan fingerprint density at radius 1 is 0.853 bits per heavy atom. The molecule has 0 saturated carbocycles. The average Bonchev–Trinajstić information content (AvgIpc) is 2.83. The first-order valence-electron chi connectivity index (χ1n) is 10.3. The summed E-state index contributed by atoms with van der Waals surface area (Å²) in [4.78, 5) is 35.4. The monoisotopic (exact) mass is 484 g/mol. The quantitative estimate of drug-likeness (QED) is 0.130. The Balaban J connectivity index is 1.73. The molecule has 1 saturated heterocycles. The minimum Gasteiger partial charge on any atom is -0.460 e. The molecule has 0 aliphatic carbocycles. The Morgan fingerprint density at radius 3 is 1.85 bits per heavy atom. The number of hydrogen-bond donors (Lipinski definition) is 4. The van der Waals surface area contributed by atoms with E-state index in [9.17, 15) is 29.7 Å². The smallest absolute Gasteiger partial charge is 0.338 e. The number of ether oxygens (including phenoxy) is 5. The Hall–Kier alpha value is -2.87. The van der Waals surface area contributed by atoms with Gasteiger partial charge in [0.1, 0.15) is 44.2 Å². The van der Waals surface area contributed by atoms with E-state index in [1.54, 1.807) is 0 Å². The van der Waals surface area contributed by atoms with Crippen molar-refractivity contribution in [2.24, 2.45) is 0 Å². The molecule has 1 aromatic rings. The Labute approximate surface area is 195 Å². The molecular weight excluding hydrogens is 456 g/mol. The van der Waals surface area contributed by atoms with Crippen LogP contribution in [0.2, 0.25) is 0 Å². The van der Waals surface area contributed by atoms with Gasteiger partial charge in [0.25, 0.3) is 0 Å². The van der Waals surface area contributed by atoms with Gasteiger partial charge in [0.05, 0.1) is 24.3 Å². The number of esters is 3. The number of aliphatic hydroxyl groups is 4. The number of benzene rings is 1. The molecule has 2 unspecified atom stereocenters. The average molecular weight is 484 g/mol. The van der Waals surface area contributed by atoms with Gasteiger partial charge in [-0.3, -0.25) is 0 Å². The molecule has 0 aromatic heterocycles. The summed E-state index contributed by atoms with van der Waals surface area (Å²) >= 11 is 0. The highest BCUT2D eigenvalue weighted by molar-refractivity contribution is 5.93. The van der Waals surface area contributed by atoms with Gasteiger partial charge in [0, 0.05) is 5.57 Å². The summed E-state index contributed by atoms with van der Waals surface area (Å²) in [6, 6.07) is 5.45. The van der Waals surface area contributed by atoms with Crippen molar-refractivity contribution in [2.75, 3.05) is 33.0 Å². The summed E-state index contributed by atoms with van der Waals surface area (Å²) in [5, 5.41) is 38.5. The second-order valence-electron chi connectivity index (χ2n) is 7.33. The Kier molecular flexibility index (Phi) is 10.6. The fourth-order valence-corrected chi connectivity index (χ4v) is 2.80. The molecule has 34 heavy (non-hydrogen) atoms. The molecule has 2 rings (SSSR count). The zero-order chi connectivity index (χ0) is 25.3. The highest BCUT2D eigenvalue weighted by Gasteiger charge is 2.43. The number of carbonyl (C=O) groups is 3. The van der Waals surface area contributed by atoms with Gasteiger partial charge in [-0.1, -0.05) is 6.58 Å². The molecule has 5 atom stereocenters. The lowest BCUT2D eigenvalue weighted by molar-refractivity contribution is -0.302. The predicted octanol–water partition coefficient (Wildman–Crippen LogP) is -1.06. The van der Waals surface area contributed by atoms with Gasteiger partial charge < -0.3 is 44.1 Å². The van der Waals surface area contributed by atoms with Crippen LogP contribution in [0.4, 0.5) is 0 Å². The van der Waals surface area contributed by atoms with Gasteiger partial charge in [0.15, 0.2) is 6.29 Å². The van der Waals surface area contributed by atoms with E-state index in [0.717, 1.165) is 0 Å². The summed E-state index contributed by atoms with van der Waals surface area (Å²) in [7, 11) is 0. The first-order chi connectivity index (χ1) is 16.1. The molecular formula is C22H28O12. The van der Waals surface area contributed by atoms with Crippen molar-refractivity contribution in [2.45, 2.75) is 37.6 Å². The second kappa shape index (κ2) is 13.1. The van der Waals surface area contributed by atoms with Crippen LogP contribution in [0.1, 0.15) is 27.6 Å². The van der Waals surface area contributed by atoms with Crippen LogP contribution in [0, 0.1) is 0 Å². The van der Waals surface area contributed by atoms with E-state index in [2.05, 4.69) is 6.58 Å². The molecule has 0 bridgehead atoms. The van der Waals surface area contributed by atoms with Crippen molar-refractivity contribution < 1.29 is 58.5 Å². The molecule has 188 valence electrons. The zero-order valence-corrected chi connectivity index (χ0v) is 18.5. The molecule has 1 aliphatic rings. The second-order valence-corrected chi connectivity index (χ2v) is 7.33. The standard InChI is InChI=1S/C22H28O12/c1-12(2)19(27)30-7-8-31-20(28)13-3-5-14(6-4-13)21(29)32-9-10-33-22-18(26)17(25)16(24)15(11-23)34-22/h3-6,15-18,22-26H,1,7-11H2,2H3/t15?,16-,17+,18?,22+/m1/s1. The van der Waals surface area contributed by atoms with Gasteiger partial charge in [-0.15, -0.1) is 0 Å². The van der Waals surface area contributed by atoms with Crippen molar-refractivity contribution >= 4 is 17.9 Å². The molecule has 1 aromatic carbocycles. The number of hydrogen-bond acceptors (Lipinski definition) is 12. The molecule has 1 heterocycles. The van der Waals surface area contributed by atoms with Gasteiger partial charge in [-0.2, -0.15) is 0 Å². The van der Waals surface area contributed by atoms with Crippen molar-refractivity contribution in [1.29, 1.82) is 0 Å². The number of rotatable bonds is 11. The summed E-state index contributed by atoms with van der Waals surface area (Å²) in [5.74, 6) is -1.96. The summed E-state index contributed by atoms with van der Waals surface area (Å²) < 4.78 is 25.2. The topological polar surface area (TPSA) is 178 Å². The van der Waals surface area contributed by atoms with Crippen molar-refractivity contribution in [3.63, 3.8) is 0 Å². The number of aliphatic hydroxyl groups excluding tert-OH is 4.